The van der Waals surface area contributed by atoms with Gasteiger partial charge in [-0.15, -0.1) is 0 Å². The molecule has 0 fully saturated rings. The molecule has 0 bridgehead atoms. The number of carbonyl (C=O) groups is 1. The van der Waals surface area contributed by atoms with Crippen molar-refractivity contribution in [2.75, 3.05) is 0 Å². The summed E-state index contributed by atoms with van der Waals surface area (Å²) in [6, 6.07) is 17.3. The molecule has 3 N–H and O–H groups in total. The van der Waals surface area contributed by atoms with Crippen molar-refractivity contribution in [2.24, 2.45) is 0 Å². The normalized spacial score (nSPS) is 11.2. The molecule has 0 aliphatic carbocycles. The number of aromatic nitrogens is 2. The van der Waals surface area contributed by atoms with Gasteiger partial charge < -0.3 is 10.1 Å². The van der Waals surface area contributed by atoms with Gasteiger partial charge in [-0.05, 0) is 17.0 Å². The Bertz CT molecular complexity index is 1310. The number of H-pyrrole nitrogens is 1. The molecule has 0 radical (unpaired) electrons. The van der Waals surface area contributed by atoms with Crippen LogP contribution in [-0.4, -0.2) is 34.0 Å². The zero-order chi connectivity index (χ0) is 19.9. The zero-order valence-electron chi connectivity index (χ0n) is 15.3. The van der Waals surface area contributed by atoms with Gasteiger partial charge in [-0.2, -0.15) is 8.42 Å². The van der Waals surface area contributed by atoms with Gasteiger partial charge in [-0.25, -0.2) is 4.79 Å². The molecule has 29 heavy (non-hydrogen) atoms. The summed E-state index contributed by atoms with van der Waals surface area (Å²) in [6.07, 6.45) is 1.51. The Hall–Kier alpha value is -2.49. The van der Waals surface area contributed by atoms with E-state index in [9.17, 15) is 22.9 Å². The molecule has 0 spiro atoms. The fraction of sp³-hybridized carbons (Fsp3) is 0. The Kier molecular flexibility index (Phi) is 5.92. The number of hydrogen-bond acceptors (Lipinski definition) is 4. The molecule has 0 aliphatic rings. The fourth-order valence-electron chi connectivity index (χ4n) is 3.25. The van der Waals surface area contributed by atoms with Crippen LogP contribution in [0.4, 0.5) is 0 Å². The number of rotatable bonds is 4. The molecule has 2 aromatic heterocycles. The number of fused-ring (bicyclic) bond motifs is 1. The van der Waals surface area contributed by atoms with E-state index in [1.54, 1.807) is 48.5 Å². The Morgan fingerprint density at radius 3 is 2.24 bits per heavy atom. The molecule has 4 aromatic rings. The summed E-state index contributed by atoms with van der Waals surface area (Å²) >= 11 is 0. The average Bonchev–Trinajstić information content (AvgIpc) is 3.09. The van der Waals surface area contributed by atoms with Crippen molar-refractivity contribution in [2.45, 2.75) is 4.90 Å². The predicted molar refractivity (Wildman–Crippen MR) is 104 cm³/mol. The van der Waals surface area contributed by atoms with Crippen LogP contribution in [0, 0.1) is 0 Å². The summed E-state index contributed by atoms with van der Waals surface area (Å²) in [5, 5.41) is 11.2. The topological polar surface area (TPSA) is 120 Å². The number of nitrogens with one attached hydrogen (secondary N) is 1. The van der Waals surface area contributed by atoms with E-state index in [1.807, 2.05) is 12.1 Å². The smallest absolute Gasteiger partial charge is 0.478 e. The molecule has 7 nitrogen and oxygen atoms in total. The molecule has 0 aliphatic heterocycles. The van der Waals surface area contributed by atoms with Crippen LogP contribution in [0.1, 0.15) is 10.4 Å². The number of carboxylic acids is 1. The van der Waals surface area contributed by atoms with Crippen LogP contribution < -0.4 is 29.6 Å². The monoisotopic (exact) mass is 417 g/mol. The molecule has 0 amide bonds. The Morgan fingerprint density at radius 2 is 1.59 bits per heavy atom. The summed E-state index contributed by atoms with van der Waals surface area (Å²) in [4.78, 5) is 18.5. The SMILES string of the molecule is O=C(O)c1c(-c2nccc3ccccc23)[nH]c(-c2ccccc2)c1S(=O)(=O)O.[Na+]. The van der Waals surface area contributed by atoms with Gasteiger partial charge in [0.25, 0.3) is 10.1 Å². The number of pyridine rings is 1. The van der Waals surface area contributed by atoms with Gasteiger partial charge in [-0.1, -0.05) is 54.6 Å². The fourth-order valence-corrected chi connectivity index (χ4v) is 4.12. The van der Waals surface area contributed by atoms with E-state index >= 15 is 0 Å². The van der Waals surface area contributed by atoms with Gasteiger partial charge in [0.05, 0.1) is 17.1 Å². The minimum atomic E-state index is -4.84. The number of benzene rings is 2. The van der Waals surface area contributed by atoms with Gasteiger partial charge in [0.15, 0.2) is 0 Å². The second-order valence-electron chi connectivity index (χ2n) is 6.11. The van der Waals surface area contributed by atoms with Gasteiger partial charge in [0.2, 0.25) is 0 Å². The molecule has 9 heteroatoms. The Labute approximate surface area is 188 Å². The second-order valence-corrected chi connectivity index (χ2v) is 7.46. The number of aromatic carboxylic acids is 1. The molecular formula is C20H14N2NaO5S+. The van der Waals surface area contributed by atoms with E-state index in [2.05, 4.69) is 9.97 Å². The third kappa shape index (κ3) is 3.85. The molecule has 0 saturated carbocycles. The van der Waals surface area contributed by atoms with Crippen LogP contribution in [0.3, 0.4) is 0 Å². The van der Waals surface area contributed by atoms with Crippen LogP contribution in [0.2, 0.25) is 0 Å². The molecule has 2 aromatic carbocycles. The first-order valence-electron chi connectivity index (χ1n) is 8.24. The van der Waals surface area contributed by atoms with Crippen molar-refractivity contribution in [3.05, 3.63) is 72.4 Å². The number of aromatic amines is 1. The van der Waals surface area contributed by atoms with E-state index in [1.165, 1.54) is 6.20 Å². The number of carboxylic acid groups (broad SMARTS) is 1. The summed E-state index contributed by atoms with van der Waals surface area (Å²) < 4.78 is 34.0. The average molecular weight is 417 g/mol. The summed E-state index contributed by atoms with van der Waals surface area (Å²) in [5.74, 6) is -1.49. The number of nitrogens with zero attached hydrogens (tertiary/aromatic N) is 1. The molecule has 0 unspecified atom stereocenters. The summed E-state index contributed by atoms with van der Waals surface area (Å²) in [5.41, 5.74) is 0.151. The van der Waals surface area contributed by atoms with Crippen molar-refractivity contribution in [1.29, 1.82) is 0 Å². The standard InChI is InChI=1S/C20H14N2O5S.Na/c23-20(24)15-18(17-14-9-5-4-6-12(14)10-11-21-17)22-16(19(15)28(25,26)27)13-7-2-1-3-8-13;/h1-11,22H,(H,23,24)(H,25,26,27);/q;+1. The van der Waals surface area contributed by atoms with Gasteiger partial charge >= 0.3 is 35.5 Å². The van der Waals surface area contributed by atoms with Gasteiger partial charge in [-0.3, -0.25) is 9.54 Å². The van der Waals surface area contributed by atoms with Gasteiger partial charge in [0.1, 0.15) is 10.5 Å². The van der Waals surface area contributed by atoms with Crippen molar-refractivity contribution in [1.82, 2.24) is 9.97 Å². The second kappa shape index (κ2) is 8.10. The van der Waals surface area contributed by atoms with Crippen molar-refractivity contribution in [3.63, 3.8) is 0 Å². The van der Waals surface area contributed by atoms with Crippen LogP contribution in [0.15, 0.2) is 71.8 Å². The third-order valence-electron chi connectivity index (χ3n) is 4.40. The third-order valence-corrected chi connectivity index (χ3v) is 5.32. The van der Waals surface area contributed by atoms with E-state index in [0.717, 1.165) is 5.39 Å². The maximum absolute atomic E-state index is 12.1. The van der Waals surface area contributed by atoms with Crippen LogP contribution in [0.5, 0.6) is 0 Å². The largest absolute Gasteiger partial charge is 1.00 e. The molecule has 140 valence electrons. The van der Waals surface area contributed by atoms with Crippen LogP contribution in [0.25, 0.3) is 33.4 Å². The Balaban J connectivity index is 0.00000240. The van der Waals surface area contributed by atoms with Crippen LogP contribution in [-0.2, 0) is 10.1 Å². The van der Waals surface area contributed by atoms with Crippen molar-refractivity contribution >= 4 is 26.9 Å². The molecular weight excluding hydrogens is 403 g/mol. The van der Waals surface area contributed by atoms with Crippen molar-refractivity contribution in [3.8, 4) is 22.6 Å². The minimum Gasteiger partial charge on any atom is -0.478 e. The van der Waals surface area contributed by atoms with Crippen LogP contribution >= 0.6 is 0 Å². The minimum absolute atomic E-state index is 0. The maximum Gasteiger partial charge on any atom is 1.00 e. The van der Waals surface area contributed by atoms with Crippen molar-refractivity contribution < 1.29 is 52.4 Å². The van der Waals surface area contributed by atoms with E-state index in [0.29, 0.717) is 10.9 Å². The maximum atomic E-state index is 12.1. The first-order chi connectivity index (χ1) is 13.4. The van der Waals surface area contributed by atoms with E-state index in [4.69, 9.17) is 0 Å². The summed E-state index contributed by atoms with van der Waals surface area (Å²) in [6.45, 7) is 0. The number of hydrogen-bond donors (Lipinski definition) is 3. The predicted octanol–water partition coefficient (Wildman–Crippen LogP) is 0.846. The quantitative estimate of drug-likeness (QED) is 0.334. The molecule has 0 saturated heterocycles. The molecule has 0 atom stereocenters. The molecule has 2 heterocycles. The van der Waals surface area contributed by atoms with Gasteiger partial charge in [0, 0.05) is 11.6 Å². The first-order valence-corrected chi connectivity index (χ1v) is 9.68. The zero-order valence-corrected chi connectivity index (χ0v) is 18.1. The first kappa shape index (κ1) is 21.2. The van der Waals surface area contributed by atoms with E-state index in [-0.39, 0.29) is 46.6 Å². The Morgan fingerprint density at radius 1 is 0.931 bits per heavy atom. The molecule has 4 rings (SSSR count). The summed E-state index contributed by atoms with van der Waals surface area (Å²) in [7, 11) is -4.84. The van der Waals surface area contributed by atoms with E-state index < -0.39 is 26.5 Å².